The predicted octanol–water partition coefficient (Wildman–Crippen LogP) is 4.64. The van der Waals surface area contributed by atoms with Gasteiger partial charge in [-0.2, -0.15) is 12.6 Å². The largest absolute Gasteiger partial charge is 0.179 e. The van der Waals surface area contributed by atoms with E-state index in [1.807, 2.05) is 11.8 Å². The maximum atomic E-state index is 4.30. The van der Waals surface area contributed by atoms with Crippen LogP contribution in [0.3, 0.4) is 0 Å². The van der Waals surface area contributed by atoms with Crippen molar-refractivity contribution in [2.45, 2.75) is 38.0 Å². The van der Waals surface area contributed by atoms with Crippen LogP contribution in [0.2, 0.25) is 0 Å². The van der Waals surface area contributed by atoms with Gasteiger partial charge in [0.05, 0.1) is 0 Å². The number of thiol groups is 1. The minimum absolute atomic E-state index is 0.252. The maximum absolute atomic E-state index is 4.30. The fourth-order valence-corrected chi connectivity index (χ4v) is 2.57. The summed E-state index contributed by atoms with van der Waals surface area (Å²) < 4.78 is 0. The molecule has 0 radical (unpaired) electrons. The Bertz CT molecular complexity index is 309. The molecule has 0 saturated heterocycles. The highest BCUT2D eigenvalue weighted by atomic mass is 32.2. The fraction of sp³-hybridized carbons (Fsp3) is 0.571. The van der Waals surface area contributed by atoms with E-state index in [1.165, 1.54) is 10.5 Å². The van der Waals surface area contributed by atoms with Crippen molar-refractivity contribution in [2.24, 2.45) is 5.92 Å². The number of benzene rings is 1. The molecule has 2 heteroatoms. The van der Waals surface area contributed by atoms with E-state index < -0.39 is 0 Å². The first-order valence-corrected chi connectivity index (χ1v) is 7.39. The second-order valence-corrected chi connectivity index (χ2v) is 6.83. The number of hydrogen-bond acceptors (Lipinski definition) is 2. The highest BCUT2D eigenvalue weighted by Crippen LogP contribution is 2.26. The zero-order chi connectivity index (χ0) is 12.2. The third kappa shape index (κ3) is 4.42. The third-order valence-corrected chi connectivity index (χ3v) is 4.53. The molecule has 16 heavy (non-hydrogen) atoms. The molecule has 0 amide bonds. The molecule has 1 unspecified atom stereocenters. The van der Waals surface area contributed by atoms with Gasteiger partial charge in [0.15, 0.2) is 0 Å². The smallest absolute Gasteiger partial charge is 0.00722 e. The minimum atomic E-state index is 0.252. The first-order valence-electron chi connectivity index (χ1n) is 5.77. The van der Waals surface area contributed by atoms with Crippen LogP contribution >= 0.6 is 24.4 Å². The van der Waals surface area contributed by atoms with Crippen LogP contribution in [-0.2, 0) is 5.41 Å². The molecule has 0 heterocycles. The van der Waals surface area contributed by atoms with Crippen molar-refractivity contribution in [2.75, 3.05) is 11.5 Å². The Morgan fingerprint density at radius 1 is 1.19 bits per heavy atom. The van der Waals surface area contributed by atoms with E-state index in [-0.39, 0.29) is 5.41 Å². The Balaban J connectivity index is 2.58. The Morgan fingerprint density at radius 3 is 2.19 bits per heavy atom. The van der Waals surface area contributed by atoms with Gasteiger partial charge in [-0.05, 0) is 34.8 Å². The molecule has 0 aliphatic heterocycles. The molecule has 0 nitrogen and oxygen atoms in total. The van der Waals surface area contributed by atoms with E-state index >= 15 is 0 Å². The van der Waals surface area contributed by atoms with Gasteiger partial charge in [0.1, 0.15) is 0 Å². The molecule has 1 aromatic carbocycles. The topological polar surface area (TPSA) is 0 Å². The molecule has 1 atom stereocenters. The van der Waals surface area contributed by atoms with E-state index in [0.29, 0.717) is 5.92 Å². The van der Waals surface area contributed by atoms with Gasteiger partial charge in [0.2, 0.25) is 0 Å². The van der Waals surface area contributed by atoms with Gasteiger partial charge in [-0.15, -0.1) is 11.8 Å². The molecule has 0 aromatic heterocycles. The predicted molar refractivity (Wildman–Crippen MR) is 78.9 cm³/mol. The fourth-order valence-electron chi connectivity index (χ4n) is 1.34. The van der Waals surface area contributed by atoms with Crippen molar-refractivity contribution in [1.82, 2.24) is 0 Å². The van der Waals surface area contributed by atoms with Crippen LogP contribution in [0, 0.1) is 5.92 Å². The van der Waals surface area contributed by atoms with E-state index in [9.17, 15) is 0 Å². The van der Waals surface area contributed by atoms with Crippen LogP contribution in [0.25, 0.3) is 0 Å². The number of thioether (sulfide) groups is 1. The highest BCUT2D eigenvalue weighted by molar-refractivity contribution is 7.99. The van der Waals surface area contributed by atoms with Crippen molar-refractivity contribution >= 4 is 24.4 Å². The normalized spacial score (nSPS) is 13.8. The second-order valence-electron chi connectivity index (χ2n) is 5.37. The molecule has 1 aromatic rings. The molecule has 1 rings (SSSR count). The summed E-state index contributed by atoms with van der Waals surface area (Å²) in [4.78, 5) is 1.36. The summed E-state index contributed by atoms with van der Waals surface area (Å²) in [7, 11) is 0. The van der Waals surface area contributed by atoms with Gasteiger partial charge in [-0.1, -0.05) is 39.8 Å². The summed E-state index contributed by atoms with van der Waals surface area (Å²) >= 11 is 6.23. The molecule has 0 N–H and O–H groups in total. The van der Waals surface area contributed by atoms with E-state index in [2.05, 4.69) is 64.6 Å². The van der Waals surface area contributed by atoms with Gasteiger partial charge >= 0.3 is 0 Å². The standard InChI is InChI=1S/C14H22S2/c1-11(9-15)10-16-13-7-5-12(6-8-13)14(2,3)4/h5-8,11,15H,9-10H2,1-4H3. The van der Waals surface area contributed by atoms with Crippen LogP contribution in [0.15, 0.2) is 29.2 Å². The molecule has 0 bridgehead atoms. The molecule has 90 valence electrons. The lowest BCUT2D eigenvalue weighted by atomic mass is 9.87. The Kier molecular flexibility index (Phi) is 5.26. The third-order valence-electron chi connectivity index (χ3n) is 2.57. The van der Waals surface area contributed by atoms with Crippen LogP contribution < -0.4 is 0 Å². The van der Waals surface area contributed by atoms with Crippen LogP contribution in [0.5, 0.6) is 0 Å². The summed E-state index contributed by atoms with van der Waals surface area (Å²) in [5.74, 6) is 2.79. The monoisotopic (exact) mass is 254 g/mol. The van der Waals surface area contributed by atoms with Crippen LogP contribution in [0.4, 0.5) is 0 Å². The van der Waals surface area contributed by atoms with E-state index in [1.54, 1.807) is 0 Å². The Hall–Kier alpha value is -0.0800. The van der Waals surface area contributed by atoms with Gasteiger partial charge in [-0.3, -0.25) is 0 Å². The summed E-state index contributed by atoms with van der Waals surface area (Å²) in [5.41, 5.74) is 1.65. The van der Waals surface area contributed by atoms with Crippen molar-refractivity contribution in [3.8, 4) is 0 Å². The van der Waals surface area contributed by atoms with Crippen molar-refractivity contribution in [1.29, 1.82) is 0 Å². The van der Waals surface area contributed by atoms with Crippen molar-refractivity contribution < 1.29 is 0 Å². The highest BCUT2D eigenvalue weighted by Gasteiger charge is 2.12. The van der Waals surface area contributed by atoms with Crippen LogP contribution in [0.1, 0.15) is 33.3 Å². The molecule has 0 fully saturated rings. The second kappa shape index (κ2) is 6.02. The van der Waals surface area contributed by atoms with Crippen LogP contribution in [-0.4, -0.2) is 11.5 Å². The van der Waals surface area contributed by atoms with Crippen molar-refractivity contribution in [3.63, 3.8) is 0 Å². The quantitative estimate of drug-likeness (QED) is 0.603. The maximum Gasteiger partial charge on any atom is 0.00722 e. The lowest BCUT2D eigenvalue weighted by molar-refractivity contribution is 0.590. The number of hydrogen-bond donors (Lipinski definition) is 1. The van der Waals surface area contributed by atoms with E-state index in [0.717, 1.165) is 11.5 Å². The molecule has 0 spiro atoms. The lowest BCUT2D eigenvalue weighted by Crippen LogP contribution is -2.10. The average Bonchev–Trinajstić information content (AvgIpc) is 2.25. The Labute approximate surface area is 110 Å². The Morgan fingerprint density at radius 2 is 1.75 bits per heavy atom. The first kappa shape index (κ1) is 14.0. The minimum Gasteiger partial charge on any atom is -0.179 e. The molecular weight excluding hydrogens is 232 g/mol. The lowest BCUT2D eigenvalue weighted by Gasteiger charge is -2.19. The average molecular weight is 254 g/mol. The molecule has 0 aliphatic rings. The van der Waals surface area contributed by atoms with E-state index in [4.69, 9.17) is 0 Å². The van der Waals surface area contributed by atoms with Gasteiger partial charge in [-0.25, -0.2) is 0 Å². The summed E-state index contributed by atoms with van der Waals surface area (Å²) in [6.45, 7) is 8.98. The van der Waals surface area contributed by atoms with Gasteiger partial charge in [0, 0.05) is 10.6 Å². The first-order chi connectivity index (χ1) is 7.43. The van der Waals surface area contributed by atoms with Crippen molar-refractivity contribution in [3.05, 3.63) is 29.8 Å². The SMILES string of the molecule is CC(CS)CSc1ccc(C(C)(C)C)cc1. The number of rotatable bonds is 4. The van der Waals surface area contributed by atoms with Gasteiger partial charge < -0.3 is 0 Å². The zero-order valence-corrected chi connectivity index (χ0v) is 12.4. The summed E-state index contributed by atoms with van der Waals surface area (Å²) in [5, 5.41) is 0. The summed E-state index contributed by atoms with van der Waals surface area (Å²) in [6, 6.07) is 8.95. The molecule has 0 saturated carbocycles. The van der Waals surface area contributed by atoms with Gasteiger partial charge in [0.25, 0.3) is 0 Å². The summed E-state index contributed by atoms with van der Waals surface area (Å²) in [6.07, 6.45) is 0. The zero-order valence-electron chi connectivity index (χ0n) is 10.7. The molecule has 0 aliphatic carbocycles. The molecular formula is C14H22S2.